The minimum absolute atomic E-state index is 0.204. The molecule has 0 bridgehead atoms. The highest BCUT2D eigenvalue weighted by Crippen LogP contribution is 1.78. The highest BCUT2D eigenvalue weighted by molar-refractivity contribution is 5.51. The Balaban J connectivity index is -0.000000105. The third kappa shape index (κ3) is 135. The van der Waals surface area contributed by atoms with Gasteiger partial charge >= 0.3 is 0 Å². The van der Waals surface area contributed by atoms with Crippen molar-refractivity contribution in [1.29, 1.82) is 0 Å². The van der Waals surface area contributed by atoms with Crippen molar-refractivity contribution in [2.75, 3.05) is 6.61 Å². The van der Waals surface area contributed by atoms with E-state index < -0.39 is 0 Å². The fourth-order valence-corrected chi connectivity index (χ4v) is 0. The lowest BCUT2D eigenvalue weighted by atomic mass is 10.3. The van der Waals surface area contributed by atoms with Gasteiger partial charge in [-0.3, -0.25) is 4.79 Å². The number of amides is 1. The van der Waals surface area contributed by atoms with Crippen LogP contribution in [0.4, 0.5) is 0 Å². The molecule has 74 valence electrons. The van der Waals surface area contributed by atoms with E-state index in [1.165, 1.54) is 0 Å². The molecule has 0 aliphatic rings. The van der Waals surface area contributed by atoms with Crippen LogP contribution in [-0.4, -0.2) is 24.4 Å². The molecule has 0 aliphatic carbocycles. The molecule has 0 atom stereocenters. The molecule has 4 nitrogen and oxygen atoms in total. The van der Waals surface area contributed by atoms with Gasteiger partial charge in [-0.05, 0) is 6.42 Å². The monoisotopic (exact) mass is 177 g/mol. The number of hydrogen-bond acceptors (Lipinski definition) is 3. The predicted molar refractivity (Wildman–Crippen MR) is 48.5 cm³/mol. The number of carbonyl (C=O) groups excluding carboxylic acids is 2. The number of nitrogens with two attached hydrogens (primary N) is 1. The Morgan fingerprint density at radius 3 is 1.58 bits per heavy atom. The van der Waals surface area contributed by atoms with E-state index in [4.69, 9.17) is 9.90 Å². The molecular weight excluding hydrogens is 158 g/mol. The fourth-order valence-electron chi connectivity index (χ4n) is 0. The highest BCUT2D eigenvalue weighted by Gasteiger charge is 1.79. The number of hydrogen-bond donors (Lipinski definition) is 2. The Kier molecular flexibility index (Phi) is 32.3. The standard InChI is InChI=1S/C4H8O.C3H8O.CH3NO/c1-4(2)3-5;1-2-3-4;2-1-3/h3-4H,1-2H3;4H,2-3H2,1H3;1H,(H2,2,3). The second-order valence-electron chi connectivity index (χ2n) is 2.24. The van der Waals surface area contributed by atoms with Gasteiger partial charge in [-0.15, -0.1) is 0 Å². The number of aliphatic hydroxyl groups is 1. The van der Waals surface area contributed by atoms with Crippen LogP contribution in [0.25, 0.3) is 0 Å². The molecule has 3 N–H and O–H groups in total. The van der Waals surface area contributed by atoms with E-state index in [2.05, 4.69) is 5.73 Å². The van der Waals surface area contributed by atoms with E-state index in [1.807, 2.05) is 20.8 Å². The fraction of sp³-hybridized carbons (Fsp3) is 0.750. The van der Waals surface area contributed by atoms with E-state index in [0.29, 0.717) is 6.61 Å². The summed E-state index contributed by atoms with van der Waals surface area (Å²) < 4.78 is 0. The third-order valence-corrected chi connectivity index (χ3v) is 0.496. The normalized spacial score (nSPS) is 7.08. The Morgan fingerprint density at radius 1 is 1.42 bits per heavy atom. The summed E-state index contributed by atoms with van der Waals surface area (Å²) >= 11 is 0. The molecule has 0 aromatic carbocycles. The SMILES string of the molecule is CC(C)C=O.CCCO.NC=O. The summed E-state index contributed by atoms with van der Waals surface area (Å²) in [6.07, 6.45) is 2.04. The zero-order valence-electron chi connectivity index (χ0n) is 7.99. The molecular formula is C8H19NO3. The first-order valence-electron chi connectivity index (χ1n) is 3.82. The van der Waals surface area contributed by atoms with E-state index in [1.54, 1.807) is 0 Å². The van der Waals surface area contributed by atoms with Crippen molar-refractivity contribution in [3.63, 3.8) is 0 Å². The van der Waals surface area contributed by atoms with Crippen molar-refractivity contribution >= 4 is 12.7 Å². The summed E-state index contributed by atoms with van der Waals surface area (Å²) in [5.41, 5.74) is 4.17. The quantitative estimate of drug-likeness (QED) is 0.596. The van der Waals surface area contributed by atoms with Crippen molar-refractivity contribution in [2.45, 2.75) is 27.2 Å². The maximum atomic E-state index is 9.50. The van der Waals surface area contributed by atoms with Crippen molar-refractivity contribution in [1.82, 2.24) is 0 Å². The summed E-state index contributed by atoms with van der Waals surface area (Å²) in [7, 11) is 0. The number of aliphatic hydroxyl groups excluding tert-OH is 1. The maximum Gasteiger partial charge on any atom is 0.204 e. The number of carbonyl (C=O) groups is 2. The van der Waals surface area contributed by atoms with Crippen LogP contribution in [0.1, 0.15) is 27.2 Å². The van der Waals surface area contributed by atoms with Gasteiger partial charge in [0.25, 0.3) is 0 Å². The van der Waals surface area contributed by atoms with Gasteiger partial charge in [0.1, 0.15) is 6.29 Å². The molecule has 0 aliphatic heterocycles. The smallest absolute Gasteiger partial charge is 0.204 e. The van der Waals surface area contributed by atoms with Crippen molar-refractivity contribution in [3.05, 3.63) is 0 Å². The van der Waals surface area contributed by atoms with Crippen molar-refractivity contribution in [2.24, 2.45) is 11.7 Å². The lowest BCUT2D eigenvalue weighted by Gasteiger charge is -1.78. The Hall–Kier alpha value is -0.900. The molecule has 0 saturated carbocycles. The first-order chi connectivity index (χ1) is 5.60. The minimum Gasteiger partial charge on any atom is -0.396 e. The Bertz CT molecular complexity index is 82.4. The molecule has 0 aromatic heterocycles. The zero-order chi connectivity index (χ0) is 10.4. The summed E-state index contributed by atoms with van der Waals surface area (Å²) in [6, 6.07) is 0. The average Bonchev–Trinajstić information content (AvgIpc) is 2.06. The number of primary amides is 1. The van der Waals surface area contributed by atoms with Crippen LogP contribution >= 0.6 is 0 Å². The summed E-state index contributed by atoms with van der Waals surface area (Å²) in [5.74, 6) is 0.204. The molecule has 0 spiro atoms. The topological polar surface area (TPSA) is 80.4 Å². The molecule has 4 heteroatoms. The Morgan fingerprint density at radius 2 is 1.58 bits per heavy atom. The van der Waals surface area contributed by atoms with E-state index in [9.17, 15) is 4.79 Å². The first-order valence-corrected chi connectivity index (χ1v) is 3.82. The third-order valence-electron chi connectivity index (χ3n) is 0.496. The molecule has 0 rings (SSSR count). The van der Waals surface area contributed by atoms with Gasteiger partial charge in [-0.25, -0.2) is 0 Å². The van der Waals surface area contributed by atoms with Crippen LogP contribution in [-0.2, 0) is 9.59 Å². The summed E-state index contributed by atoms with van der Waals surface area (Å²) in [5, 5.41) is 7.88. The first kappa shape index (κ1) is 17.3. The van der Waals surface area contributed by atoms with Gasteiger partial charge in [-0.2, -0.15) is 0 Å². The second kappa shape index (κ2) is 22.5. The van der Waals surface area contributed by atoms with E-state index >= 15 is 0 Å². The van der Waals surface area contributed by atoms with Gasteiger partial charge in [0.15, 0.2) is 0 Å². The van der Waals surface area contributed by atoms with Crippen LogP contribution in [0.15, 0.2) is 0 Å². The van der Waals surface area contributed by atoms with Crippen molar-refractivity contribution in [3.8, 4) is 0 Å². The van der Waals surface area contributed by atoms with Crippen LogP contribution in [0.2, 0.25) is 0 Å². The highest BCUT2D eigenvalue weighted by atomic mass is 16.2. The Labute approximate surface area is 73.8 Å². The molecule has 0 unspecified atom stereocenters. The molecule has 0 saturated heterocycles. The molecule has 1 amide bonds. The maximum absolute atomic E-state index is 9.50. The van der Waals surface area contributed by atoms with Gasteiger partial charge in [-0.1, -0.05) is 20.8 Å². The van der Waals surface area contributed by atoms with Crippen LogP contribution in [0.3, 0.4) is 0 Å². The van der Waals surface area contributed by atoms with E-state index in [-0.39, 0.29) is 12.3 Å². The largest absolute Gasteiger partial charge is 0.396 e. The molecule has 0 radical (unpaired) electrons. The van der Waals surface area contributed by atoms with Crippen LogP contribution < -0.4 is 5.73 Å². The molecule has 0 aromatic rings. The van der Waals surface area contributed by atoms with E-state index in [0.717, 1.165) is 12.7 Å². The summed E-state index contributed by atoms with van der Waals surface area (Å²) in [4.78, 5) is 18.1. The zero-order valence-corrected chi connectivity index (χ0v) is 7.99. The van der Waals surface area contributed by atoms with Crippen LogP contribution in [0.5, 0.6) is 0 Å². The van der Waals surface area contributed by atoms with Gasteiger partial charge in [0.05, 0.1) is 0 Å². The number of aldehydes is 1. The van der Waals surface area contributed by atoms with Crippen molar-refractivity contribution < 1.29 is 14.7 Å². The summed E-state index contributed by atoms with van der Waals surface area (Å²) in [6.45, 7) is 5.96. The second-order valence-corrected chi connectivity index (χ2v) is 2.24. The van der Waals surface area contributed by atoms with Gasteiger partial charge in [0, 0.05) is 12.5 Å². The predicted octanol–water partition coefficient (Wildman–Crippen LogP) is 0.332. The molecule has 12 heavy (non-hydrogen) atoms. The van der Waals surface area contributed by atoms with Crippen LogP contribution in [0, 0.1) is 5.92 Å². The van der Waals surface area contributed by atoms with Gasteiger partial charge in [0.2, 0.25) is 6.41 Å². The average molecular weight is 177 g/mol. The van der Waals surface area contributed by atoms with Gasteiger partial charge < -0.3 is 15.6 Å². The minimum atomic E-state index is 0.204. The molecule has 0 heterocycles. The lowest BCUT2D eigenvalue weighted by Crippen LogP contribution is -1.82. The molecule has 0 fully saturated rings. The number of rotatable bonds is 2. The lowest BCUT2D eigenvalue weighted by molar-refractivity contribution is -0.110.